The van der Waals surface area contributed by atoms with E-state index >= 15 is 0 Å². The molecule has 130 valence electrons. The first-order valence-electron chi connectivity index (χ1n) is 8.36. The van der Waals surface area contributed by atoms with Crippen LogP contribution in [0.1, 0.15) is 17.3 Å². The highest BCUT2D eigenvalue weighted by atomic mass is 16.4. The van der Waals surface area contributed by atoms with Gasteiger partial charge in [0.1, 0.15) is 11.6 Å². The Kier molecular flexibility index (Phi) is 4.01. The predicted octanol–water partition coefficient (Wildman–Crippen LogP) is 4.02. The lowest BCUT2D eigenvalue weighted by Crippen LogP contribution is -2.15. The molecule has 0 aliphatic heterocycles. The van der Waals surface area contributed by atoms with E-state index in [1.54, 1.807) is 0 Å². The van der Waals surface area contributed by atoms with Gasteiger partial charge >= 0.3 is 0 Å². The number of aromatic nitrogens is 3. The van der Waals surface area contributed by atoms with Crippen molar-refractivity contribution in [2.45, 2.75) is 20.3 Å². The Labute approximate surface area is 150 Å². The van der Waals surface area contributed by atoms with Gasteiger partial charge < -0.3 is 14.7 Å². The van der Waals surface area contributed by atoms with Gasteiger partial charge in [-0.25, -0.2) is 9.97 Å². The van der Waals surface area contributed by atoms with Gasteiger partial charge in [0, 0.05) is 11.3 Å². The maximum absolute atomic E-state index is 12.4. The van der Waals surface area contributed by atoms with Gasteiger partial charge in [-0.05, 0) is 44.2 Å². The third kappa shape index (κ3) is 3.21. The van der Waals surface area contributed by atoms with E-state index in [4.69, 9.17) is 4.42 Å². The number of imidazole rings is 1. The van der Waals surface area contributed by atoms with Gasteiger partial charge in [-0.15, -0.1) is 0 Å². The van der Waals surface area contributed by atoms with E-state index in [1.165, 1.54) is 0 Å². The Morgan fingerprint density at radius 2 is 1.92 bits per heavy atom. The summed E-state index contributed by atoms with van der Waals surface area (Å²) in [7, 11) is 0. The molecule has 4 aromatic rings. The fraction of sp³-hybridized carbons (Fsp3) is 0.150. The fourth-order valence-corrected chi connectivity index (χ4v) is 2.87. The van der Waals surface area contributed by atoms with Gasteiger partial charge in [-0.3, -0.25) is 4.79 Å². The van der Waals surface area contributed by atoms with Crippen LogP contribution in [-0.2, 0) is 11.2 Å². The van der Waals surface area contributed by atoms with Crippen molar-refractivity contribution in [3.63, 3.8) is 0 Å². The van der Waals surface area contributed by atoms with Crippen molar-refractivity contribution in [3.8, 4) is 11.5 Å². The monoisotopic (exact) mass is 346 g/mol. The molecule has 0 bridgehead atoms. The largest absolute Gasteiger partial charge is 0.441 e. The van der Waals surface area contributed by atoms with Crippen LogP contribution >= 0.6 is 0 Å². The molecule has 26 heavy (non-hydrogen) atoms. The van der Waals surface area contributed by atoms with Crippen LogP contribution in [0.5, 0.6) is 0 Å². The molecule has 0 atom stereocenters. The lowest BCUT2D eigenvalue weighted by Gasteiger charge is -2.04. The van der Waals surface area contributed by atoms with E-state index in [-0.39, 0.29) is 12.3 Å². The maximum Gasteiger partial charge on any atom is 0.230 e. The van der Waals surface area contributed by atoms with Crippen molar-refractivity contribution in [1.29, 1.82) is 0 Å². The number of amides is 1. The average Bonchev–Trinajstić information content (AvgIpc) is 3.17. The molecule has 0 fully saturated rings. The Morgan fingerprint density at radius 1 is 1.12 bits per heavy atom. The second kappa shape index (κ2) is 6.48. The molecule has 0 saturated heterocycles. The van der Waals surface area contributed by atoms with E-state index in [0.29, 0.717) is 17.3 Å². The number of carbonyl (C=O) groups excluding carboxylic acids is 1. The molecule has 2 aromatic heterocycles. The molecule has 6 heteroatoms. The Morgan fingerprint density at radius 3 is 2.73 bits per heavy atom. The van der Waals surface area contributed by atoms with Gasteiger partial charge in [0.05, 0.1) is 23.1 Å². The molecule has 0 radical (unpaired) electrons. The van der Waals surface area contributed by atoms with Crippen molar-refractivity contribution in [3.05, 3.63) is 65.8 Å². The van der Waals surface area contributed by atoms with E-state index < -0.39 is 0 Å². The van der Waals surface area contributed by atoms with E-state index in [0.717, 1.165) is 28.1 Å². The van der Waals surface area contributed by atoms with E-state index in [2.05, 4.69) is 20.3 Å². The Hall–Kier alpha value is -3.41. The summed E-state index contributed by atoms with van der Waals surface area (Å²) in [5.74, 6) is 1.88. The van der Waals surface area contributed by atoms with Gasteiger partial charge in [-0.1, -0.05) is 18.2 Å². The van der Waals surface area contributed by atoms with Crippen molar-refractivity contribution >= 4 is 22.6 Å². The van der Waals surface area contributed by atoms with Crippen molar-refractivity contribution < 1.29 is 9.21 Å². The minimum absolute atomic E-state index is 0.142. The number of fused-ring (bicyclic) bond motifs is 1. The first-order valence-corrected chi connectivity index (χ1v) is 8.36. The highest BCUT2D eigenvalue weighted by Crippen LogP contribution is 2.22. The number of hydrogen-bond donors (Lipinski definition) is 2. The minimum atomic E-state index is -0.142. The number of rotatable bonds is 4. The van der Waals surface area contributed by atoms with Crippen LogP contribution in [0.2, 0.25) is 0 Å². The molecule has 4 rings (SSSR count). The van der Waals surface area contributed by atoms with Gasteiger partial charge in [-0.2, -0.15) is 0 Å². The normalized spacial score (nSPS) is 11.0. The van der Waals surface area contributed by atoms with Crippen molar-refractivity contribution in [1.82, 2.24) is 15.0 Å². The van der Waals surface area contributed by atoms with Crippen LogP contribution in [0.4, 0.5) is 5.69 Å². The number of nitrogens with one attached hydrogen (secondary N) is 2. The smallest absolute Gasteiger partial charge is 0.230 e. The van der Waals surface area contributed by atoms with Crippen LogP contribution in [-0.4, -0.2) is 20.9 Å². The van der Waals surface area contributed by atoms with Crippen LogP contribution in [0, 0.1) is 13.8 Å². The van der Waals surface area contributed by atoms with E-state index in [1.807, 2.05) is 62.4 Å². The van der Waals surface area contributed by atoms with Crippen LogP contribution < -0.4 is 5.32 Å². The molecule has 2 heterocycles. The molecule has 1 amide bonds. The number of hydrogen-bond acceptors (Lipinski definition) is 4. The zero-order valence-electron chi connectivity index (χ0n) is 14.5. The van der Waals surface area contributed by atoms with Crippen molar-refractivity contribution in [2.24, 2.45) is 0 Å². The highest BCUT2D eigenvalue weighted by Gasteiger charge is 2.15. The first kappa shape index (κ1) is 16.1. The average molecular weight is 346 g/mol. The summed E-state index contributed by atoms with van der Waals surface area (Å²) in [5, 5.41) is 2.90. The van der Waals surface area contributed by atoms with Crippen LogP contribution in [0.25, 0.3) is 22.5 Å². The molecule has 0 aliphatic rings. The molecule has 6 nitrogen and oxygen atoms in total. The van der Waals surface area contributed by atoms with Crippen LogP contribution in [0.15, 0.2) is 52.9 Å². The third-order valence-electron chi connectivity index (χ3n) is 4.13. The zero-order valence-corrected chi connectivity index (χ0v) is 14.5. The molecule has 0 saturated carbocycles. The number of carbonyl (C=O) groups is 1. The summed E-state index contributed by atoms with van der Waals surface area (Å²) in [6.45, 7) is 3.72. The van der Waals surface area contributed by atoms with Gasteiger partial charge in [0.2, 0.25) is 11.8 Å². The summed E-state index contributed by atoms with van der Waals surface area (Å²) in [4.78, 5) is 24.4. The second-order valence-corrected chi connectivity index (χ2v) is 6.17. The standard InChI is InChI=1S/C20H18N4O2/c1-12-17(24-20(26-12)14-6-4-3-5-7-14)11-19(25)23-15-8-9-16-18(10-15)22-13(2)21-16/h3-10H,11H2,1-2H3,(H,21,22)(H,23,25). The molecule has 2 aromatic carbocycles. The topological polar surface area (TPSA) is 83.8 Å². The number of aryl methyl sites for hydroxylation is 2. The lowest BCUT2D eigenvalue weighted by molar-refractivity contribution is -0.115. The fourth-order valence-electron chi connectivity index (χ4n) is 2.87. The maximum atomic E-state index is 12.4. The molecular weight excluding hydrogens is 328 g/mol. The van der Waals surface area contributed by atoms with E-state index in [9.17, 15) is 4.79 Å². The van der Waals surface area contributed by atoms with Crippen molar-refractivity contribution in [2.75, 3.05) is 5.32 Å². The Bertz CT molecular complexity index is 1080. The highest BCUT2D eigenvalue weighted by molar-refractivity contribution is 5.94. The number of H-pyrrole nitrogens is 1. The number of anilines is 1. The molecular formula is C20H18N4O2. The van der Waals surface area contributed by atoms with Gasteiger partial charge in [0.15, 0.2) is 0 Å². The Balaban J connectivity index is 1.50. The summed E-state index contributed by atoms with van der Waals surface area (Å²) in [6.07, 6.45) is 0.155. The predicted molar refractivity (Wildman–Crippen MR) is 99.8 cm³/mol. The molecule has 0 spiro atoms. The SMILES string of the molecule is Cc1nc2ccc(NC(=O)Cc3nc(-c4ccccc4)oc3C)cc2[nH]1. The third-order valence-corrected chi connectivity index (χ3v) is 4.13. The number of aromatic amines is 1. The van der Waals surface area contributed by atoms with Crippen LogP contribution in [0.3, 0.4) is 0 Å². The number of benzene rings is 2. The first-order chi connectivity index (χ1) is 12.6. The molecule has 2 N–H and O–H groups in total. The molecule has 0 unspecified atom stereocenters. The zero-order chi connectivity index (χ0) is 18.1. The lowest BCUT2D eigenvalue weighted by atomic mass is 10.2. The number of oxazole rings is 1. The summed E-state index contributed by atoms with van der Waals surface area (Å²) < 4.78 is 5.71. The minimum Gasteiger partial charge on any atom is -0.441 e. The molecule has 0 aliphatic carbocycles. The quantitative estimate of drug-likeness (QED) is 0.585. The summed E-state index contributed by atoms with van der Waals surface area (Å²) in [5.41, 5.74) is 4.02. The second-order valence-electron chi connectivity index (χ2n) is 6.17. The summed E-state index contributed by atoms with van der Waals surface area (Å²) >= 11 is 0. The van der Waals surface area contributed by atoms with Gasteiger partial charge in [0.25, 0.3) is 0 Å². The number of nitrogens with zero attached hydrogens (tertiary/aromatic N) is 2. The summed E-state index contributed by atoms with van der Waals surface area (Å²) in [6, 6.07) is 15.2.